The van der Waals surface area contributed by atoms with Crippen molar-refractivity contribution in [3.05, 3.63) is 27.4 Å². The minimum absolute atomic E-state index is 0.131. The highest BCUT2D eigenvalue weighted by atomic mass is 16.4. The van der Waals surface area contributed by atoms with E-state index in [2.05, 4.69) is 15.3 Å². The lowest BCUT2D eigenvalue weighted by atomic mass is 10.1. The Kier molecular flexibility index (Phi) is 6.58. The van der Waals surface area contributed by atoms with Crippen molar-refractivity contribution in [2.75, 3.05) is 6.54 Å². The van der Waals surface area contributed by atoms with Crippen molar-refractivity contribution in [2.24, 2.45) is 0 Å². The lowest BCUT2D eigenvalue weighted by Crippen LogP contribution is -2.28. The molecule has 3 N–H and O–H groups in total. The average molecular weight is 295 g/mol. The van der Waals surface area contributed by atoms with E-state index in [-0.39, 0.29) is 18.7 Å². The molecule has 0 aliphatic heterocycles. The number of nitrogens with one attached hydrogen (secondary N) is 2. The van der Waals surface area contributed by atoms with Gasteiger partial charge in [-0.15, -0.1) is 0 Å². The summed E-state index contributed by atoms with van der Waals surface area (Å²) in [6.07, 6.45) is 2.48. The second-order valence-electron chi connectivity index (χ2n) is 4.96. The highest BCUT2D eigenvalue weighted by Gasteiger charge is 2.10. The number of aromatic nitrogens is 2. The number of aliphatic carboxylic acids is 1. The summed E-state index contributed by atoms with van der Waals surface area (Å²) in [6, 6.07) is 0. The lowest BCUT2D eigenvalue weighted by molar-refractivity contribution is -0.137. The third-order valence-electron chi connectivity index (χ3n) is 3.18. The summed E-state index contributed by atoms with van der Waals surface area (Å²) in [4.78, 5) is 39.7. The van der Waals surface area contributed by atoms with Crippen molar-refractivity contribution in [2.45, 2.75) is 46.0 Å². The molecule has 0 aliphatic carbocycles. The highest BCUT2D eigenvalue weighted by molar-refractivity contribution is 5.78. The zero-order chi connectivity index (χ0) is 15.8. The third-order valence-corrected chi connectivity index (χ3v) is 3.18. The number of nitrogens with zero attached hydrogens (tertiary/aromatic N) is 1. The van der Waals surface area contributed by atoms with E-state index in [1.54, 1.807) is 13.8 Å². The molecule has 0 atom stereocenters. The van der Waals surface area contributed by atoms with Crippen molar-refractivity contribution in [3.63, 3.8) is 0 Å². The van der Waals surface area contributed by atoms with Crippen LogP contribution in [0.3, 0.4) is 0 Å². The fraction of sp³-hybridized carbons (Fsp3) is 0.571. The Bertz CT molecular complexity index is 540. The summed E-state index contributed by atoms with van der Waals surface area (Å²) in [7, 11) is 0. The Labute approximate surface area is 122 Å². The molecule has 0 spiro atoms. The maximum atomic E-state index is 11.8. The summed E-state index contributed by atoms with van der Waals surface area (Å²) in [5.41, 5.74) is 1.54. The second-order valence-corrected chi connectivity index (χ2v) is 4.96. The Morgan fingerprint density at radius 3 is 2.57 bits per heavy atom. The van der Waals surface area contributed by atoms with E-state index in [9.17, 15) is 14.4 Å². The molecule has 1 rings (SSSR count). The molecule has 21 heavy (non-hydrogen) atoms. The number of amides is 1. The van der Waals surface area contributed by atoms with Gasteiger partial charge in [0.15, 0.2) is 0 Å². The Morgan fingerprint density at radius 1 is 1.24 bits per heavy atom. The van der Waals surface area contributed by atoms with Crippen LogP contribution >= 0.6 is 0 Å². The van der Waals surface area contributed by atoms with E-state index in [1.807, 2.05) is 0 Å². The van der Waals surface area contributed by atoms with Crippen molar-refractivity contribution >= 4 is 11.9 Å². The van der Waals surface area contributed by atoms with Crippen LogP contribution in [0.15, 0.2) is 4.79 Å². The molecule has 7 heteroatoms. The van der Waals surface area contributed by atoms with Gasteiger partial charge in [0.25, 0.3) is 0 Å². The fourth-order valence-electron chi connectivity index (χ4n) is 2.04. The van der Waals surface area contributed by atoms with Crippen molar-refractivity contribution in [3.8, 4) is 0 Å². The molecule has 7 nitrogen and oxygen atoms in total. The number of aromatic amines is 1. The van der Waals surface area contributed by atoms with Gasteiger partial charge in [0.05, 0.1) is 6.42 Å². The van der Waals surface area contributed by atoms with E-state index < -0.39 is 11.7 Å². The number of unbranched alkanes of at least 4 members (excludes halogenated alkanes) is 2. The number of aryl methyl sites for hydroxylation is 2. The topological polar surface area (TPSA) is 112 Å². The van der Waals surface area contributed by atoms with Gasteiger partial charge in [0.1, 0.15) is 0 Å². The monoisotopic (exact) mass is 295 g/mol. The number of carboxylic acids is 1. The molecule has 116 valence electrons. The van der Waals surface area contributed by atoms with E-state index in [0.29, 0.717) is 24.4 Å². The molecule has 1 aromatic rings. The SMILES string of the molecule is Cc1nc(=O)[nH]c(C)c1CC(=O)NCCCCCC(=O)O. The van der Waals surface area contributed by atoms with Crippen LogP contribution in [0.25, 0.3) is 0 Å². The largest absolute Gasteiger partial charge is 0.481 e. The Morgan fingerprint density at radius 2 is 1.95 bits per heavy atom. The minimum Gasteiger partial charge on any atom is -0.481 e. The zero-order valence-corrected chi connectivity index (χ0v) is 12.4. The standard InChI is InChI=1S/C14H21N3O4/c1-9-11(10(2)17-14(21)16-9)8-12(18)15-7-5-3-4-6-13(19)20/h3-8H2,1-2H3,(H,15,18)(H,19,20)(H,16,17,21). The number of carbonyl (C=O) groups is 2. The van der Waals surface area contributed by atoms with Crippen LogP contribution in [0.2, 0.25) is 0 Å². The molecule has 0 fully saturated rings. The highest BCUT2D eigenvalue weighted by Crippen LogP contribution is 2.07. The zero-order valence-electron chi connectivity index (χ0n) is 12.4. The van der Waals surface area contributed by atoms with Crippen LogP contribution in [-0.2, 0) is 16.0 Å². The predicted molar refractivity (Wildman–Crippen MR) is 77.1 cm³/mol. The van der Waals surface area contributed by atoms with Crippen molar-refractivity contribution < 1.29 is 14.7 Å². The first kappa shape index (κ1) is 16.9. The van der Waals surface area contributed by atoms with Crippen molar-refractivity contribution in [1.82, 2.24) is 15.3 Å². The molecular weight excluding hydrogens is 274 g/mol. The van der Waals surface area contributed by atoms with E-state index in [1.165, 1.54) is 0 Å². The van der Waals surface area contributed by atoms with E-state index >= 15 is 0 Å². The van der Waals surface area contributed by atoms with Gasteiger partial charge in [0.2, 0.25) is 5.91 Å². The molecule has 1 heterocycles. The summed E-state index contributed by atoms with van der Waals surface area (Å²) < 4.78 is 0. The number of H-pyrrole nitrogens is 1. The lowest BCUT2D eigenvalue weighted by Gasteiger charge is -2.09. The molecule has 0 aliphatic rings. The third kappa shape index (κ3) is 6.20. The second kappa shape index (κ2) is 8.18. The first-order valence-corrected chi connectivity index (χ1v) is 6.95. The van der Waals surface area contributed by atoms with Crippen LogP contribution < -0.4 is 11.0 Å². The van der Waals surface area contributed by atoms with E-state index in [4.69, 9.17) is 5.11 Å². The van der Waals surface area contributed by atoms with Gasteiger partial charge in [-0.1, -0.05) is 6.42 Å². The first-order valence-electron chi connectivity index (χ1n) is 6.95. The smallest absolute Gasteiger partial charge is 0.345 e. The molecule has 0 saturated carbocycles. The van der Waals surface area contributed by atoms with Crippen LogP contribution in [0, 0.1) is 13.8 Å². The molecule has 0 unspecified atom stereocenters. The molecule has 0 aromatic carbocycles. The van der Waals surface area contributed by atoms with Crippen molar-refractivity contribution in [1.29, 1.82) is 0 Å². The van der Waals surface area contributed by atoms with Gasteiger partial charge >= 0.3 is 11.7 Å². The Balaban J connectivity index is 2.35. The number of carbonyl (C=O) groups excluding carboxylic acids is 1. The number of hydrogen-bond donors (Lipinski definition) is 3. The fourth-order valence-corrected chi connectivity index (χ4v) is 2.04. The molecule has 0 saturated heterocycles. The average Bonchev–Trinajstić information content (AvgIpc) is 2.37. The Hall–Kier alpha value is -2.18. The van der Waals surface area contributed by atoms with Crippen LogP contribution in [-0.4, -0.2) is 33.5 Å². The van der Waals surface area contributed by atoms with Crippen LogP contribution in [0.4, 0.5) is 0 Å². The van der Waals surface area contributed by atoms with Gasteiger partial charge in [-0.2, -0.15) is 4.98 Å². The maximum Gasteiger partial charge on any atom is 0.345 e. The molecule has 0 radical (unpaired) electrons. The van der Waals surface area contributed by atoms with Crippen LogP contribution in [0.1, 0.15) is 42.6 Å². The number of carboxylic acid groups (broad SMARTS) is 1. The van der Waals surface area contributed by atoms with Crippen LogP contribution in [0.5, 0.6) is 0 Å². The molecule has 1 amide bonds. The van der Waals surface area contributed by atoms with Gasteiger partial charge in [-0.25, -0.2) is 4.79 Å². The van der Waals surface area contributed by atoms with Gasteiger partial charge in [-0.05, 0) is 26.7 Å². The summed E-state index contributed by atoms with van der Waals surface area (Å²) in [6.45, 7) is 3.97. The van der Waals surface area contributed by atoms with Gasteiger partial charge < -0.3 is 15.4 Å². The van der Waals surface area contributed by atoms with E-state index in [0.717, 1.165) is 18.4 Å². The summed E-state index contributed by atoms with van der Waals surface area (Å²) in [5.74, 6) is -0.927. The predicted octanol–water partition coefficient (Wildman–Crippen LogP) is 0.690. The van der Waals surface area contributed by atoms with Gasteiger partial charge in [-0.3, -0.25) is 9.59 Å². The minimum atomic E-state index is -0.796. The molecular formula is C14H21N3O4. The van der Waals surface area contributed by atoms with Gasteiger partial charge in [0, 0.05) is 29.9 Å². The first-order chi connectivity index (χ1) is 9.90. The number of rotatable bonds is 8. The normalized spacial score (nSPS) is 10.4. The molecule has 1 aromatic heterocycles. The maximum absolute atomic E-state index is 11.8. The quantitative estimate of drug-likeness (QED) is 0.611. The number of hydrogen-bond acceptors (Lipinski definition) is 4. The summed E-state index contributed by atoms with van der Waals surface area (Å²) in [5, 5.41) is 11.3. The summed E-state index contributed by atoms with van der Waals surface area (Å²) >= 11 is 0. The molecule has 0 bridgehead atoms.